The lowest BCUT2D eigenvalue weighted by Gasteiger charge is -2.10. The Morgan fingerprint density at radius 3 is 2.95 bits per heavy atom. The number of esters is 1. The molecule has 0 unspecified atom stereocenters. The first kappa shape index (κ1) is 16.4. The van der Waals surface area contributed by atoms with E-state index in [1.807, 2.05) is 13.0 Å². The summed E-state index contributed by atoms with van der Waals surface area (Å²) < 4.78 is 10.6. The zero-order valence-electron chi connectivity index (χ0n) is 12.4. The number of rotatable bonds is 6. The number of carbonyl (C=O) groups is 2. The van der Waals surface area contributed by atoms with E-state index in [4.69, 9.17) is 21.1 Å². The molecule has 0 bridgehead atoms. The zero-order chi connectivity index (χ0) is 15.9. The number of ether oxygens (including phenoxy) is 2. The summed E-state index contributed by atoms with van der Waals surface area (Å²) in [4.78, 5) is 23.0. The zero-order valence-corrected chi connectivity index (χ0v) is 13.2. The molecular formula is C15H19ClN2O4. The largest absolute Gasteiger partial charge is 0.493 e. The van der Waals surface area contributed by atoms with Crippen LogP contribution in [0.2, 0.25) is 5.02 Å². The van der Waals surface area contributed by atoms with Crippen molar-refractivity contribution < 1.29 is 19.1 Å². The van der Waals surface area contributed by atoms with E-state index < -0.39 is 0 Å². The second kappa shape index (κ2) is 7.89. The van der Waals surface area contributed by atoms with Gasteiger partial charge < -0.3 is 20.1 Å². The molecule has 0 atom stereocenters. The maximum Gasteiger partial charge on any atom is 0.314 e. The minimum absolute atomic E-state index is 0.101. The summed E-state index contributed by atoms with van der Waals surface area (Å²) in [5.41, 5.74) is 1.76. The highest BCUT2D eigenvalue weighted by atomic mass is 35.5. The summed E-state index contributed by atoms with van der Waals surface area (Å²) in [5.74, 6) is 0.361. The average Bonchev–Trinajstić information content (AvgIpc) is 2.92. The predicted octanol–water partition coefficient (Wildman–Crippen LogP) is 1.68. The molecule has 0 saturated heterocycles. The average molecular weight is 327 g/mol. The van der Waals surface area contributed by atoms with Gasteiger partial charge in [-0.25, -0.2) is 4.79 Å². The first-order chi connectivity index (χ1) is 10.6. The Labute approximate surface area is 134 Å². The fraction of sp³-hybridized carbons (Fsp3) is 0.467. The topological polar surface area (TPSA) is 76.7 Å². The molecule has 2 rings (SSSR count). The van der Waals surface area contributed by atoms with Crippen molar-refractivity contribution in [1.82, 2.24) is 10.6 Å². The van der Waals surface area contributed by atoms with Crippen LogP contribution in [0.4, 0.5) is 4.79 Å². The van der Waals surface area contributed by atoms with Gasteiger partial charge in [0.1, 0.15) is 12.4 Å². The van der Waals surface area contributed by atoms with Crippen molar-refractivity contribution in [2.45, 2.75) is 19.8 Å². The summed E-state index contributed by atoms with van der Waals surface area (Å²) >= 11 is 6.04. The number of carbonyl (C=O) groups excluding carboxylic acids is 2. The van der Waals surface area contributed by atoms with Crippen LogP contribution >= 0.6 is 11.6 Å². The third-order valence-electron chi connectivity index (χ3n) is 3.15. The normalized spacial score (nSPS) is 12.3. The molecule has 6 nitrogen and oxygen atoms in total. The van der Waals surface area contributed by atoms with Gasteiger partial charge in [0.05, 0.1) is 19.6 Å². The number of benzene rings is 1. The van der Waals surface area contributed by atoms with Gasteiger partial charge in [0.25, 0.3) is 0 Å². The van der Waals surface area contributed by atoms with Crippen molar-refractivity contribution >= 4 is 23.6 Å². The SMILES string of the molecule is CCNC(=O)NCCOC(=O)Cc1cc(Cl)cc2c1OCC2. The summed E-state index contributed by atoms with van der Waals surface area (Å²) in [7, 11) is 0. The molecule has 120 valence electrons. The Bertz CT molecular complexity index is 563. The molecule has 0 spiro atoms. The fourth-order valence-corrected chi connectivity index (χ4v) is 2.50. The van der Waals surface area contributed by atoms with Crippen LogP contribution in [-0.4, -0.2) is 38.3 Å². The van der Waals surface area contributed by atoms with E-state index in [0.29, 0.717) is 18.2 Å². The van der Waals surface area contributed by atoms with Crippen LogP contribution in [0, 0.1) is 0 Å². The van der Waals surface area contributed by atoms with Crippen molar-refractivity contribution in [3.63, 3.8) is 0 Å². The Balaban J connectivity index is 1.79. The van der Waals surface area contributed by atoms with Crippen molar-refractivity contribution in [3.05, 3.63) is 28.3 Å². The standard InChI is InChI=1S/C15H19ClN2O4/c1-2-17-15(20)18-4-6-21-13(19)9-11-8-12(16)7-10-3-5-22-14(10)11/h7-8H,2-6,9H2,1H3,(H2,17,18,20). The second-order valence-corrected chi connectivity index (χ2v) is 5.27. The van der Waals surface area contributed by atoms with Crippen LogP contribution in [0.3, 0.4) is 0 Å². The minimum Gasteiger partial charge on any atom is -0.493 e. The Kier molecular flexibility index (Phi) is 5.89. The van der Waals surface area contributed by atoms with E-state index in [1.54, 1.807) is 6.07 Å². The third-order valence-corrected chi connectivity index (χ3v) is 3.37. The first-order valence-corrected chi connectivity index (χ1v) is 7.59. The molecule has 2 amide bonds. The second-order valence-electron chi connectivity index (χ2n) is 4.84. The van der Waals surface area contributed by atoms with Crippen molar-refractivity contribution in [1.29, 1.82) is 0 Å². The van der Waals surface area contributed by atoms with E-state index in [2.05, 4.69) is 10.6 Å². The van der Waals surface area contributed by atoms with Crippen molar-refractivity contribution in [2.24, 2.45) is 0 Å². The number of hydrogen-bond acceptors (Lipinski definition) is 4. The van der Waals surface area contributed by atoms with Crippen LogP contribution in [-0.2, 0) is 22.4 Å². The lowest BCUT2D eigenvalue weighted by molar-refractivity contribution is -0.142. The Morgan fingerprint density at radius 1 is 1.36 bits per heavy atom. The molecule has 0 radical (unpaired) electrons. The highest BCUT2D eigenvalue weighted by Crippen LogP contribution is 2.33. The number of halogens is 1. The monoisotopic (exact) mass is 326 g/mol. The van der Waals surface area contributed by atoms with Gasteiger partial charge in [-0.3, -0.25) is 4.79 Å². The highest BCUT2D eigenvalue weighted by molar-refractivity contribution is 6.30. The summed E-state index contributed by atoms with van der Waals surface area (Å²) in [6, 6.07) is 3.30. The summed E-state index contributed by atoms with van der Waals surface area (Å²) in [6.07, 6.45) is 0.901. The molecule has 22 heavy (non-hydrogen) atoms. The molecule has 0 saturated carbocycles. The maximum atomic E-state index is 11.8. The predicted molar refractivity (Wildman–Crippen MR) is 82.4 cm³/mol. The van der Waals surface area contributed by atoms with E-state index >= 15 is 0 Å². The van der Waals surface area contributed by atoms with Gasteiger partial charge >= 0.3 is 12.0 Å². The number of urea groups is 1. The lowest BCUT2D eigenvalue weighted by Crippen LogP contribution is -2.37. The molecular weight excluding hydrogens is 308 g/mol. The minimum atomic E-state index is -0.377. The van der Waals surface area contributed by atoms with Crippen molar-refractivity contribution in [3.8, 4) is 5.75 Å². The molecule has 1 heterocycles. The quantitative estimate of drug-likeness (QED) is 0.616. The van der Waals surface area contributed by atoms with Gasteiger partial charge in [0, 0.05) is 23.6 Å². The Morgan fingerprint density at radius 2 is 2.18 bits per heavy atom. The molecule has 1 aromatic carbocycles. The van der Waals surface area contributed by atoms with Crippen LogP contribution in [0.25, 0.3) is 0 Å². The Hall–Kier alpha value is -1.95. The summed E-state index contributed by atoms with van der Waals surface area (Å²) in [6.45, 7) is 3.37. The number of nitrogens with one attached hydrogen (secondary N) is 2. The smallest absolute Gasteiger partial charge is 0.314 e. The van der Waals surface area contributed by atoms with Crippen LogP contribution < -0.4 is 15.4 Å². The number of amides is 2. The van der Waals surface area contributed by atoms with E-state index in [0.717, 1.165) is 23.3 Å². The molecule has 1 aromatic rings. The van der Waals surface area contributed by atoms with Crippen LogP contribution in [0.5, 0.6) is 5.75 Å². The van der Waals surface area contributed by atoms with Gasteiger partial charge in [-0.15, -0.1) is 0 Å². The van der Waals surface area contributed by atoms with Gasteiger partial charge in [0.2, 0.25) is 0 Å². The molecule has 0 aromatic heterocycles. The van der Waals surface area contributed by atoms with Gasteiger partial charge in [-0.2, -0.15) is 0 Å². The highest BCUT2D eigenvalue weighted by Gasteiger charge is 2.19. The maximum absolute atomic E-state index is 11.8. The van der Waals surface area contributed by atoms with Crippen molar-refractivity contribution in [2.75, 3.05) is 26.3 Å². The molecule has 1 aliphatic rings. The van der Waals surface area contributed by atoms with E-state index in [1.165, 1.54) is 0 Å². The first-order valence-electron chi connectivity index (χ1n) is 7.21. The molecule has 7 heteroatoms. The van der Waals surface area contributed by atoms with Crippen LogP contribution in [0.1, 0.15) is 18.1 Å². The lowest BCUT2D eigenvalue weighted by atomic mass is 10.1. The van der Waals surface area contributed by atoms with Gasteiger partial charge in [-0.1, -0.05) is 11.6 Å². The summed E-state index contributed by atoms with van der Waals surface area (Å²) in [5, 5.41) is 5.75. The van der Waals surface area contributed by atoms with Crippen LogP contribution in [0.15, 0.2) is 12.1 Å². The molecule has 0 fully saturated rings. The molecule has 2 N–H and O–H groups in total. The van der Waals surface area contributed by atoms with Gasteiger partial charge in [0.15, 0.2) is 0 Å². The molecule has 0 aliphatic carbocycles. The molecule has 1 aliphatic heterocycles. The third kappa shape index (κ3) is 4.53. The number of fused-ring (bicyclic) bond motifs is 1. The fourth-order valence-electron chi connectivity index (χ4n) is 2.24. The van der Waals surface area contributed by atoms with E-state index in [9.17, 15) is 9.59 Å². The number of hydrogen-bond donors (Lipinski definition) is 2. The van der Waals surface area contributed by atoms with E-state index in [-0.39, 0.29) is 31.6 Å². The van der Waals surface area contributed by atoms with Gasteiger partial charge in [-0.05, 0) is 24.6 Å².